The molecule has 1 aliphatic heterocycles. The molecule has 1 N–H and O–H groups in total. The summed E-state index contributed by atoms with van der Waals surface area (Å²) in [5.41, 5.74) is 1.48. The standard InChI is InChI=1S/C19H21N5O/c1-2-17-8-3-4-9-24(17)19-21-12-15(13-22-19)18(25)23-16-7-5-6-14(10-16)11-20/h5-7,10,12-13,17H,2-4,8-9H2,1H3,(H,23,25). The molecule has 0 saturated carbocycles. The van der Waals surface area contributed by atoms with E-state index in [1.807, 2.05) is 0 Å². The fourth-order valence-corrected chi connectivity index (χ4v) is 3.14. The number of aromatic nitrogens is 2. The second-order valence-corrected chi connectivity index (χ2v) is 6.17. The summed E-state index contributed by atoms with van der Waals surface area (Å²) in [7, 11) is 0. The molecule has 0 aliphatic carbocycles. The summed E-state index contributed by atoms with van der Waals surface area (Å²) in [6.45, 7) is 3.14. The number of rotatable bonds is 4. The molecule has 128 valence electrons. The average molecular weight is 335 g/mol. The van der Waals surface area contributed by atoms with Gasteiger partial charge in [0.05, 0.1) is 17.2 Å². The molecule has 1 atom stereocenters. The molecule has 3 rings (SSSR count). The Bertz CT molecular complexity index is 781. The van der Waals surface area contributed by atoms with Crippen LogP contribution >= 0.6 is 0 Å². The van der Waals surface area contributed by atoms with Crippen molar-refractivity contribution in [3.8, 4) is 6.07 Å². The Hall–Kier alpha value is -2.94. The summed E-state index contributed by atoms with van der Waals surface area (Å²) in [4.78, 5) is 23.4. The van der Waals surface area contributed by atoms with E-state index in [4.69, 9.17) is 5.26 Å². The molecular formula is C19H21N5O. The van der Waals surface area contributed by atoms with Gasteiger partial charge in [-0.25, -0.2) is 9.97 Å². The molecule has 1 saturated heterocycles. The molecule has 25 heavy (non-hydrogen) atoms. The van der Waals surface area contributed by atoms with Crippen molar-refractivity contribution in [1.29, 1.82) is 5.26 Å². The third kappa shape index (κ3) is 3.94. The second-order valence-electron chi connectivity index (χ2n) is 6.17. The van der Waals surface area contributed by atoms with Crippen LogP contribution in [-0.4, -0.2) is 28.5 Å². The molecule has 0 bridgehead atoms. The van der Waals surface area contributed by atoms with Gasteiger partial charge >= 0.3 is 0 Å². The van der Waals surface area contributed by atoms with Crippen molar-refractivity contribution in [2.45, 2.75) is 38.6 Å². The fraction of sp³-hybridized carbons (Fsp3) is 0.368. The predicted octanol–water partition coefficient (Wildman–Crippen LogP) is 3.37. The van der Waals surface area contributed by atoms with Gasteiger partial charge in [-0.3, -0.25) is 4.79 Å². The van der Waals surface area contributed by atoms with Crippen LogP contribution in [-0.2, 0) is 0 Å². The Balaban J connectivity index is 1.71. The summed E-state index contributed by atoms with van der Waals surface area (Å²) >= 11 is 0. The molecule has 2 heterocycles. The highest BCUT2D eigenvalue weighted by atomic mass is 16.1. The third-order valence-electron chi connectivity index (χ3n) is 4.51. The number of carbonyl (C=O) groups excluding carboxylic acids is 1. The van der Waals surface area contributed by atoms with Gasteiger partial charge < -0.3 is 10.2 Å². The van der Waals surface area contributed by atoms with Gasteiger partial charge in [0.1, 0.15) is 0 Å². The van der Waals surface area contributed by atoms with Gasteiger partial charge in [-0.1, -0.05) is 13.0 Å². The minimum Gasteiger partial charge on any atom is -0.338 e. The van der Waals surface area contributed by atoms with Gasteiger partial charge in [-0.05, 0) is 43.9 Å². The third-order valence-corrected chi connectivity index (χ3v) is 4.51. The van der Waals surface area contributed by atoms with Crippen molar-refractivity contribution in [2.24, 2.45) is 0 Å². The van der Waals surface area contributed by atoms with Crippen molar-refractivity contribution < 1.29 is 4.79 Å². The first-order valence-corrected chi connectivity index (χ1v) is 8.61. The maximum Gasteiger partial charge on any atom is 0.258 e. The van der Waals surface area contributed by atoms with E-state index < -0.39 is 0 Å². The van der Waals surface area contributed by atoms with Crippen molar-refractivity contribution in [1.82, 2.24) is 9.97 Å². The van der Waals surface area contributed by atoms with E-state index in [0.29, 0.717) is 28.8 Å². The summed E-state index contributed by atoms with van der Waals surface area (Å²) in [6.07, 6.45) is 7.76. The van der Waals surface area contributed by atoms with Crippen LogP contribution in [0.15, 0.2) is 36.7 Å². The first-order chi connectivity index (χ1) is 12.2. The number of carbonyl (C=O) groups is 1. The molecule has 6 nitrogen and oxygen atoms in total. The average Bonchev–Trinajstić information content (AvgIpc) is 2.68. The molecule has 1 aliphatic rings. The number of nitrogens with zero attached hydrogens (tertiary/aromatic N) is 4. The fourth-order valence-electron chi connectivity index (χ4n) is 3.14. The number of anilines is 2. The summed E-state index contributed by atoms with van der Waals surface area (Å²) < 4.78 is 0. The number of hydrogen-bond donors (Lipinski definition) is 1. The van der Waals surface area contributed by atoms with Gasteiger partial charge in [-0.2, -0.15) is 5.26 Å². The van der Waals surface area contributed by atoms with Gasteiger partial charge in [0, 0.05) is 30.7 Å². The number of piperidine rings is 1. The van der Waals surface area contributed by atoms with Crippen LogP contribution in [0.4, 0.5) is 11.6 Å². The van der Waals surface area contributed by atoms with E-state index in [1.165, 1.54) is 6.42 Å². The molecule has 1 aromatic carbocycles. The molecule has 1 aromatic heterocycles. The molecular weight excluding hydrogens is 314 g/mol. The van der Waals surface area contributed by atoms with E-state index in [-0.39, 0.29) is 5.91 Å². The number of hydrogen-bond acceptors (Lipinski definition) is 5. The molecule has 1 amide bonds. The monoisotopic (exact) mass is 335 g/mol. The lowest BCUT2D eigenvalue weighted by molar-refractivity contribution is 0.102. The second kappa shape index (κ2) is 7.75. The molecule has 2 aromatic rings. The van der Waals surface area contributed by atoms with E-state index >= 15 is 0 Å². The zero-order chi connectivity index (χ0) is 17.6. The van der Waals surface area contributed by atoms with Crippen LogP contribution in [0.25, 0.3) is 0 Å². The normalized spacial score (nSPS) is 17.0. The van der Waals surface area contributed by atoms with Crippen molar-refractivity contribution in [3.05, 3.63) is 47.8 Å². The largest absolute Gasteiger partial charge is 0.338 e. The van der Waals surface area contributed by atoms with Crippen LogP contribution < -0.4 is 10.2 Å². The quantitative estimate of drug-likeness (QED) is 0.926. The van der Waals surface area contributed by atoms with Gasteiger partial charge in [0.25, 0.3) is 5.91 Å². The van der Waals surface area contributed by atoms with Crippen LogP contribution in [0.3, 0.4) is 0 Å². The number of amides is 1. The van der Waals surface area contributed by atoms with Gasteiger partial charge in [0.15, 0.2) is 0 Å². The molecule has 1 unspecified atom stereocenters. The van der Waals surface area contributed by atoms with Crippen LogP contribution in [0, 0.1) is 11.3 Å². The highest BCUT2D eigenvalue weighted by molar-refractivity contribution is 6.03. The Morgan fingerprint density at radius 1 is 1.36 bits per heavy atom. The highest BCUT2D eigenvalue weighted by Gasteiger charge is 2.23. The smallest absolute Gasteiger partial charge is 0.258 e. The van der Waals surface area contributed by atoms with Gasteiger partial charge in [-0.15, -0.1) is 0 Å². The maximum atomic E-state index is 12.3. The van der Waals surface area contributed by atoms with Crippen LogP contribution in [0.2, 0.25) is 0 Å². The van der Waals surface area contributed by atoms with E-state index in [9.17, 15) is 4.79 Å². The topological polar surface area (TPSA) is 81.9 Å². The van der Waals surface area contributed by atoms with Crippen molar-refractivity contribution in [2.75, 3.05) is 16.8 Å². The number of nitriles is 1. The first-order valence-electron chi connectivity index (χ1n) is 8.61. The molecule has 1 fully saturated rings. The molecule has 6 heteroatoms. The summed E-state index contributed by atoms with van der Waals surface area (Å²) in [6, 6.07) is 9.32. The van der Waals surface area contributed by atoms with Crippen LogP contribution in [0.1, 0.15) is 48.5 Å². The lowest BCUT2D eigenvalue weighted by Crippen LogP contribution is -2.40. The predicted molar refractivity (Wildman–Crippen MR) is 96.4 cm³/mol. The first kappa shape index (κ1) is 16.9. The lowest BCUT2D eigenvalue weighted by atomic mass is 10.0. The zero-order valence-electron chi connectivity index (χ0n) is 14.3. The molecule has 0 spiro atoms. The minimum absolute atomic E-state index is 0.285. The SMILES string of the molecule is CCC1CCCCN1c1ncc(C(=O)Nc2cccc(C#N)c2)cn1. The van der Waals surface area contributed by atoms with E-state index in [2.05, 4.69) is 33.2 Å². The van der Waals surface area contributed by atoms with E-state index in [0.717, 1.165) is 25.8 Å². The Kier molecular flexibility index (Phi) is 5.24. The highest BCUT2D eigenvalue weighted by Crippen LogP contribution is 2.23. The number of nitrogens with one attached hydrogen (secondary N) is 1. The van der Waals surface area contributed by atoms with Gasteiger partial charge in [0.2, 0.25) is 5.95 Å². The van der Waals surface area contributed by atoms with Crippen molar-refractivity contribution in [3.63, 3.8) is 0 Å². The Labute approximate surface area is 147 Å². The van der Waals surface area contributed by atoms with Crippen LogP contribution in [0.5, 0.6) is 0 Å². The Morgan fingerprint density at radius 3 is 2.88 bits per heavy atom. The molecule has 0 radical (unpaired) electrons. The van der Waals surface area contributed by atoms with E-state index in [1.54, 1.807) is 36.7 Å². The lowest BCUT2D eigenvalue weighted by Gasteiger charge is -2.35. The minimum atomic E-state index is -0.285. The summed E-state index contributed by atoms with van der Waals surface area (Å²) in [5.74, 6) is 0.405. The number of benzene rings is 1. The summed E-state index contributed by atoms with van der Waals surface area (Å²) in [5, 5.41) is 11.7. The maximum absolute atomic E-state index is 12.3. The zero-order valence-corrected chi connectivity index (χ0v) is 14.3. The van der Waals surface area contributed by atoms with Crippen molar-refractivity contribution >= 4 is 17.5 Å². The Morgan fingerprint density at radius 2 is 2.16 bits per heavy atom.